The van der Waals surface area contributed by atoms with E-state index < -0.39 is 0 Å². The number of amides is 1. The summed E-state index contributed by atoms with van der Waals surface area (Å²) in [5.41, 5.74) is 6.09. The maximum absolute atomic E-state index is 11.9. The first-order valence-corrected chi connectivity index (χ1v) is 6.97. The van der Waals surface area contributed by atoms with E-state index in [1.165, 1.54) is 6.42 Å². The van der Waals surface area contributed by atoms with Gasteiger partial charge in [-0.25, -0.2) is 4.98 Å². The van der Waals surface area contributed by atoms with Crippen molar-refractivity contribution in [3.63, 3.8) is 0 Å². The van der Waals surface area contributed by atoms with Gasteiger partial charge in [0.25, 0.3) is 0 Å². The van der Waals surface area contributed by atoms with Crippen LogP contribution in [0, 0.1) is 0 Å². The van der Waals surface area contributed by atoms with Crippen molar-refractivity contribution < 1.29 is 4.79 Å². The number of carbonyl (C=O) groups is 1. The number of halogens is 1. The van der Waals surface area contributed by atoms with Crippen LogP contribution in [0.3, 0.4) is 0 Å². The molecule has 5 nitrogen and oxygen atoms in total. The van der Waals surface area contributed by atoms with E-state index in [-0.39, 0.29) is 5.91 Å². The molecular weight excluding hydrogens is 264 g/mol. The van der Waals surface area contributed by atoms with Gasteiger partial charge in [0, 0.05) is 26.1 Å². The molecule has 2 heterocycles. The molecule has 0 saturated carbocycles. The van der Waals surface area contributed by atoms with Crippen LogP contribution >= 0.6 is 11.6 Å². The quantitative estimate of drug-likeness (QED) is 0.887. The Morgan fingerprint density at radius 1 is 1.42 bits per heavy atom. The number of rotatable bonds is 4. The van der Waals surface area contributed by atoms with Crippen molar-refractivity contribution in [2.24, 2.45) is 0 Å². The fourth-order valence-electron chi connectivity index (χ4n) is 2.17. The number of piperidine rings is 1. The van der Waals surface area contributed by atoms with Crippen molar-refractivity contribution in [1.82, 2.24) is 9.88 Å². The van der Waals surface area contributed by atoms with Crippen molar-refractivity contribution in [2.75, 3.05) is 30.7 Å². The fraction of sp³-hybridized carbons (Fsp3) is 0.538. The van der Waals surface area contributed by atoms with Gasteiger partial charge in [-0.05, 0) is 25.3 Å². The van der Waals surface area contributed by atoms with Gasteiger partial charge in [0.15, 0.2) is 0 Å². The van der Waals surface area contributed by atoms with Gasteiger partial charge in [0.1, 0.15) is 5.82 Å². The number of nitrogens with zero attached hydrogens (tertiary/aromatic N) is 2. The van der Waals surface area contributed by atoms with Crippen LogP contribution in [0.4, 0.5) is 11.5 Å². The Bertz CT molecular complexity index is 446. The van der Waals surface area contributed by atoms with Gasteiger partial charge in [0.05, 0.1) is 16.9 Å². The highest BCUT2D eigenvalue weighted by Crippen LogP contribution is 2.20. The summed E-state index contributed by atoms with van der Waals surface area (Å²) in [6, 6.07) is 1.64. The number of anilines is 2. The summed E-state index contributed by atoms with van der Waals surface area (Å²) >= 11 is 5.99. The van der Waals surface area contributed by atoms with Crippen molar-refractivity contribution in [1.29, 1.82) is 0 Å². The van der Waals surface area contributed by atoms with E-state index in [2.05, 4.69) is 10.3 Å². The molecule has 0 radical (unpaired) electrons. The Morgan fingerprint density at radius 2 is 2.16 bits per heavy atom. The Balaban J connectivity index is 1.78. The van der Waals surface area contributed by atoms with Crippen LogP contribution in [0.25, 0.3) is 0 Å². The summed E-state index contributed by atoms with van der Waals surface area (Å²) in [7, 11) is 0. The molecule has 1 fully saturated rings. The second-order valence-corrected chi connectivity index (χ2v) is 5.12. The van der Waals surface area contributed by atoms with Gasteiger partial charge in [-0.2, -0.15) is 0 Å². The van der Waals surface area contributed by atoms with E-state index in [1.807, 2.05) is 4.90 Å². The Hall–Kier alpha value is -1.49. The molecule has 0 atom stereocenters. The number of nitrogen functional groups attached to an aromatic ring is 1. The van der Waals surface area contributed by atoms with Gasteiger partial charge in [-0.1, -0.05) is 11.6 Å². The monoisotopic (exact) mass is 282 g/mol. The zero-order valence-electron chi connectivity index (χ0n) is 10.9. The van der Waals surface area contributed by atoms with Gasteiger partial charge in [-0.15, -0.1) is 0 Å². The highest BCUT2D eigenvalue weighted by molar-refractivity contribution is 6.33. The standard InChI is InChI=1S/C13H19ClN4O/c14-11-8-10(15)9-17-13(11)16-5-4-12(19)18-6-2-1-3-7-18/h8-9H,1-7,15H2,(H,16,17). The van der Waals surface area contributed by atoms with E-state index >= 15 is 0 Å². The number of pyridine rings is 1. The molecule has 104 valence electrons. The van der Waals surface area contributed by atoms with Crippen LogP contribution in [-0.2, 0) is 4.79 Å². The summed E-state index contributed by atoms with van der Waals surface area (Å²) in [5, 5.41) is 3.54. The van der Waals surface area contributed by atoms with Gasteiger partial charge in [0.2, 0.25) is 5.91 Å². The molecule has 0 unspecified atom stereocenters. The minimum atomic E-state index is 0.193. The first kappa shape index (κ1) is 13.9. The second kappa shape index (κ2) is 6.61. The summed E-state index contributed by atoms with van der Waals surface area (Å²) in [4.78, 5) is 18.0. The minimum Gasteiger partial charge on any atom is -0.397 e. The lowest BCUT2D eigenvalue weighted by molar-refractivity contribution is -0.131. The number of hydrogen-bond donors (Lipinski definition) is 2. The molecule has 1 aliphatic heterocycles. The van der Waals surface area contributed by atoms with E-state index in [0.29, 0.717) is 29.5 Å². The van der Waals surface area contributed by atoms with Crippen LogP contribution in [-0.4, -0.2) is 35.4 Å². The lowest BCUT2D eigenvalue weighted by atomic mass is 10.1. The summed E-state index contributed by atoms with van der Waals surface area (Å²) in [6.07, 6.45) is 5.46. The molecule has 1 aromatic heterocycles. The smallest absolute Gasteiger partial charge is 0.224 e. The van der Waals surface area contributed by atoms with Crippen LogP contribution in [0.2, 0.25) is 5.02 Å². The lowest BCUT2D eigenvalue weighted by Gasteiger charge is -2.26. The van der Waals surface area contributed by atoms with Crippen molar-refractivity contribution in [3.8, 4) is 0 Å². The number of aromatic nitrogens is 1. The third-order valence-electron chi connectivity index (χ3n) is 3.20. The molecule has 2 rings (SSSR count). The number of likely N-dealkylation sites (tertiary alicyclic amines) is 1. The Morgan fingerprint density at radius 3 is 2.84 bits per heavy atom. The van der Waals surface area contributed by atoms with E-state index in [0.717, 1.165) is 25.9 Å². The molecule has 19 heavy (non-hydrogen) atoms. The lowest BCUT2D eigenvalue weighted by Crippen LogP contribution is -2.36. The van der Waals surface area contributed by atoms with E-state index in [4.69, 9.17) is 17.3 Å². The van der Waals surface area contributed by atoms with Gasteiger partial charge in [-0.3, -0.25) is 4.79 Å². The van der Waals surface area contributed by atoms with E-state index in [1.54, 1.807) is 12.3 Å². The normalized spacial score (nSPS) is 15.3. The van der Waals surface area contributed by atoms with Crippen molar-refractivity contribution in [3.05, 3.63) is 17.3 Å². The molecule has 0 bridgehead atoms. The predicted molar refractivity (Wildman–Crippen MR) is 77.2 cm³/mol. The largest absolute Gasteiger partial charge is 0.397 e. The third-order valence-corrected chi connectivity index (χ3v) is 3.49. The summed E-state index contributed by atoms with van der Waals surface area (Å²) in [5.74, 6) is 0.765. The topological polar surface area (TPSA) is 71.2 Å². The molecular formula is C13H19ClN4O. The fourth-order valence-corrected chi connectivity index (χ4v) is 2.41. The molecule has 0 aliphatic carbocycles. The van der Waals surface area contributed by atoms with Gasteiger partial charge >= 0.3 is 0 Å². The Kier molecular flexibility index (Phi) is 4.85. The van der Waals surface area contributed by atoms with Crippen LogP contribution < -0.4 is 11.1 Å². The molecule has 0 aromatic carbocycles. The molecule has 1 amide bonds. The number of nitrogens with two attached hydrogens (primary N) is 1. The average Bonchev–Trinajstić information content (AvgIpc) is 2.42. The summed E-state index contributed by atoms with van der Waals surface area (Å²) in [6.45, 7) is 2.31. The first-order valence-electron chi connectivity index (χ1n) is 6.59. The predicted octanol–water partition coefficient (Wildman–Crippen LogP) is 2.13. The molecule has 6 heteroatoms. The zero-order chi connectivity index (χ0) is 13.7. The second-order valence-electron chi connectivity index (χ2n) is 4.72. The Labute approximate surface area is 118 Å². The molecule has 1 aromatic rings. The average molecular weight is 283 g/mol. The highest BCUT2D eigenvalue weighted by Gasteiger charge is 2.15. The number of hydrogen-bond acceptors (Lipinski definition) is 4. The summed E-state index contributed by atoms with van der Waals surface area (Å²) < 4.78 is 0. The number of carbonyl (C=O) groups excluding carboxylic acids is 1. The highest BCUT2D eigenvalue weighted by atomic mass is 35.5. The minimum absolute atomic E-state index is 0.193. The number of nitrogens with one attached hydrogen (secondary N) is 1. The zero-order valence-corrected chi connectivity index (χ0v) is 11.6. The molecule has 1 saturated heterocycles. The third kappa shape index (κ3) is 3.99. The first-order chi connectivity index (χ1) is 9.16. The van der Waals surface area contributed by atoms with Crippen molar-refractivity contribution in [2.45, 2.75) is 25.7 Å². The van der Waals surface area contributed by atoms with Crippen molar-refractivity contribution >= 4 is 29.0 Å². The molecule has 3 N–H and O–H groups in total. The maximum atomic E-state index is 11.9. The maximum Gasteiger partial charge on any atom is 0.224 e. The van der Waals surface area contributed by atoms with Crippen LogP contribution in [0.15, 0.2) is 12.3 Å². The SMILES string of the molecule is Nc1cnc(NCCC(=O)N2CCCCC2)c(Cl)c1. The molecule has 1 aliphatic rings. The van der Waals surface area contributed by atoms with Crippen LogP contribution in [0.5, 0.6) is 0 Å². The molecule has 0 spiro atoms. The van der Waals surface area contributed by atoms with Gasteiger partial charge < -0.3 is 16.0 Å². The van der Waals surface area contributed by atoms with E-state index in [9.17, 15) is 4.79 Å². The van der Waals surface area contributed by atoms with Crippen LogP contribution in [0.1, 0.15) is 25.7 Å².